The van der Waals surface area contributed by atoms with Crippen molar-refractivity contribution in [2.75, 3.05) is 33.0 Å². The van der Waals surface area contributed by atoms with Gasteiger partial charge in [0, 0.05) is 5.41 Å². The lowest BCUT2D eigenvalue weighted by atomic mass is 9.33. The molecule has 6 saturated heterocycles. The van der Waals surface area contributed by atoms with Gasteiger partial charge in [-0.05, 0) is 111 Å². The summed E-state index contributed by atoms with van der Waals surface area (Å²) >= 11 is 0. The Morgan fingerprint density at radius 1 is 0.495 bits per heavy atom. The second kappa shape index (κ2) is 27.7. The molecule has 6 aliphatic heterocycles. The molecule has 0 aromatic heterocycles. The Bertz CT molecular complexity index is 2680. The van der Waals surface area contributed by atoms with Gasteiger partial charge in [0.1, 0.15) is 121 Å². The second-order valence-corrected chi connectivity index (χ2v) is 30.9. The van der Waals surface area contributed by atoms with Crippen LogP contribution in [0.3, 0.4) is 0 Å². The third kappa shape index (κ3) is 12.5. The minimum Gasteiger partial charge on any atom is -0.432 e. The van der Waals surface area contributed by atoms with Crippen molar-refractivity contribution in [3.05, 3.63) is 11.6 Å². The van der Waals surface area contributed by atoms with Crippen molar-refractivity contribution in [2.45, 2.75) is 297 Å². The molecule has 546 valence electrons. The van der Waals surface area contributed by atoms with Crippen molar-refractivity contribution in [1.29, 1.82) is 0 Å². The van der Waals surface area contributed by atoms with Crippen LogP contribution in [0, 0.1) is 50.2 Å². The number of fused-ring (bicyclic) bond motifs is 7. The van der Waals surface area contributed by atoms with Crippen LogP contribution >= 0.6 is 0 Å². The summed E-state index contributed by atoms with van der Waals surface area (Å²) in [5.74, 6) is -1.75. The summed E-state index contributed by atoms with van der Waals surface area (Å²) < 4.78 is 72.2. The first kappa shape index (κ1) is 74.2. The predicted octanol–water partition coefficient (Wildman–Crippen LogP) is -5.11. The van der Waals surface area contributed by atoms with Crippen molar-refractivity contribution in [2.24, 2.45) is 50.2 Å². The summed E-state index contributed by atoms with van der Waals surface area (Å²) in [7, 11) is 0. The number of carbonyl (C=O) groups is 1. The van der Waals surface area contributed by atoms with Gasteiger partial charge in [-0.1, -0.05) is 53.2 Å². The SMILES string of the molecule is C[C@@H]1O[C@@H](O[C@H]2[C@@H](O)[C@H](O[C@H]3CC[C@@]4(C)[C@@H](CC[C@]5(C)[C@@H]4CC=C4[C@@H]6CC(C)(C)CC[C@]6(C(=O)O[C@H]6OC[C@@H](O)[C@H](O)[C@@H]6O[C@@H]6O[C@@H](C)[C@H](O[C@@H]7O[C@H](CO)[C@@H](O)[C@H](O)[C@H]7O)[C@H](O)[C@H]6O)[C@H](O)C[C@]45C)[C@@]3(C)CO)O[C@H](CO)[C@H]2O[C@@H]2OC[C@@H](O)[C@H](O)[C@H]2O)[C@H](O)[C@H](O)[C@H]1O. The molecule has 10 fully saturated rings. The number of ether oxygens (including phenoxy) is 12. The molecule has 31 nitrogen and oxygen atoms in total. The minimum absolute atomic E-state index is 0.0756. The monoisotopic (exact) mass is 1370 g/mol. The zero-order valence-electron chi connectivity index (χ0n) is 54.9. The van der Waals surface area contributed by atoms with Crippen molar-refractivity contribution in [1.82, 2.24) is 0 Å². The van der Waals surface area contributed by atoms with Crippen LogP contribution in [0.5, 0.6) is 0 Å². The summed E-state index contributed by atoms with van der Waals surface area (Å²) in [6, 6.07) is 0. The summed E-state index contributed by atoms with van der Waals surface area (Å²) in [6.45, 7) is 12.7. The predicted molar refractivity (Wildman–Crippen MR) is 316 cm³/mol. The highest BCUT2D eigenvalue weighted by molar-refractivity contribution is 5.80. The Morgan fingerprint density at radius 2 is 1.04 bits per heavy atom. The van der Waals surface area contributed by atoms with Gasteiger partial charge in [-0.15, -0.1) is 0 Å². The molecule has 11 aliphatic rings. The summed E-state index contributed by atoms with van der Waals surface area (Å²) in [4.78, 5) is 15.5. The topological polar surface area (TPSA) is 492 Å². The number of hydrogen-bond donors (Lipinski definition) is 18. The van der Waals surface area contributed by atoms with Gasteiger partial charge in [-0.3, -0.25) is 4.79 Å². The van der Waals surface area contributed by atoms with Crippen molar-refractivity contribution >= 4 is 5.97 Å². The number of allylic oxidation sites excluding steroid dienone is 2. The van der Waals surface area contributed by atoms with Crippen LogP contribution in [0.2, 0.25) is 0 Å². The van der Waals surface area contributed by atoms with Crippen molar-refractivity contribution < 1.29 is 154 Å². The van der Waals surface area contributed by atoms with Gasteiger partial charge in [0.2, 0.25) is 6.29 Å². The van der Waals surface area contributed by atoms with Gasteiger partial charge in [0.15, 0.2) is 37.6 Å². The van der Waals surface area contributed by atoms with Crippen LogP contribution in [0.1, 0.15) is 113 Å². The van der Waals surface area contributed by atoms with Crippen LogP contribution in [-0.4, -0.2) is 315 Å². The van der Waals surface area contributed by atoms with Crippen LogP contribution < -0.4 is 0 Å². The fourth-order valence-corrected chi connectivity index (χ4v) is 18.9. The maximum absolute atomic E-state index is 15.5. The molecule has 0 amide bonds. The number of aliphatic hydroxyl groups excluding tert-OH is 18. The van der Waals surface area contributed by atoms with E-state index in [0.29, 0.717) is 44.9 Å². The molecule has 0 unspecified atom stereocenters. The molecule has 0 bridgehead atoms. The molecule has 6 heterocycles. The fraction of sp³-hybridized carbons (Fsp3) is 0.953. The third-order valence-corrected chi connectivity index (χ3v) is 24.9. The molecular formula is C64H104O31. The Kier molecular flexibility index (Phi) is 21.6. The van der Waals surface area contributed by atoms with E-state index in [0.717, 1.165) is 5.57 Å². The van der Waals surface area contributed by atoms with E-state index in [4.69, 9.17) is 56.8 Å². The molecule has 5 aliphatic carbocycles. The average molecular weight is 1370 g/mol. The minimum atomic E-state index is -1.98. The van der Waals surface area contributed by atoms with E-state index < -0.39 is 250 Å². The first-order chi connectivity index (χ1) is 44.6. The molecule has 0 aromatic rings. The Labute approximate surface area is 550 Å². The number of aliphatic hydroxyl groups is 18. The van der Waals surface area contributed by atoms with E-state index in [-0.39, 0.29) is 36.7 Å². The molecule has 4 saturated carbocycles. The number of carbonyl (C=O) groups excluding carboxylic acids is 1. The van der Waals surface area contributed by atoms with E-state index in [1.165, 1.54) is 13.8 Å². The summed E-state index contributed by atoms with van der Waals surface area (Å²) in [5.41, 5.74) is -3.72. The van der Waals surface area contributed by atoms with Crippen LogP contribution in [0.4, 0.5) is 0 Å². The maximum Gasteiger partial charge on any atom is 0.317 e. The number of hydrogen-bond acceptors (Lipinski definition) is 31. The standard InChI is InChI=1S/C64H104O31/c1-24-36(71)40(75)44(79)53(86-24)93-50-47(82)56(89-31(20-66)49(50)92-52-43(78)37(72)28(68)21-84-52)90-35-12-13-60(5)32(61(35,6)23-67)11-14-62(7)33(60)10-9-26-27-17-59(3,4)15-16-64(27,34(70)18-63(26,62)8)58(83)95-57-51(38(73)29(69)22-85-57)94-54-46(81)42(77)48(25(2)87-54)91-55-45(80)41(76)39(74)30(19-65)88-55/h9,24-25,27-57,65-82H,10-23H2,1-8H3/t24-,25-,27-,28+,29+,30+,31+,32+,33+,34+,35-,36-,37-,38-,39+,40+,41-,42+,43+,44+,45+,46+,47+,48-,49+,50-,51-,52-,53-,54-,55-,56-,57+,60-,61+,62+,63+,64+/m0/s1. The van der Waals surface area contributed by atoms with E-state index in [1.807, 2.05) is 6.92 Å². The number of rotatable bonds is 15. The molecular weight excluding hydrogens is 1260 g/mol. The third-order valence-electron chi connectivity index (χ3n) is 24.9. The quantitative estimate of drug-likeness (QED) is 0.0414. The molecule has 18 N–H and O–H groups in total. The highest BCUT2D eigenvalue weighted by atomic mass is 16.8. The van der Waals surface area contributed by atoms with Crippen molar-refractivity contribution in [3.8, 4) is 0 Å². The van der Waals surface area contributed by atoms with Gasteiger partial charge in [0.05, 0.1) is 57.5 Å². The lowest BCUT2D eigenvalue weighted by Gasteiger charge is -2.72. The zero-order chi connectivity index (χ0) is 69.3. The van der Waals surface area contributed by atoms with Crippen LogP contribution in [0.25, 0.3) is 0 Å². The largest absolute Gasteiger partial charge is 0.432 e. The Balaban J connectivity index is 0.820. The van der Waals surface area contributed by atoms with Crippen LogP contribution in [-0.2, 0) is 61.6 Å². The summed E-state index contributed by atoms with van der Waals surface area (Å²) in [6.07, 6.45) is -42.5. The normalized spacial score (nSPS) is 55.6. The van der Waals surface area contributed by atoms with E-state index >= 15 is 4.79 Å². The molecule has 0 aromatic carbocycles. The molecule has 31 heteroatoms. The molecule has 11 rings (SSSR count). The van der Waals surface area contributed by atoms with Gasteiger partial charge in [0.25, 0.3) is 0 Å². The van der Waals surface area contributed by atoms with Crippen LogP contribution in [0.15, 0.2) is 11.6 Å². The average Bonchev–Trinajstić information content (AvgIpc) is 0.671. The van der Waals surface area contributed by atoms with Gasteiger partial charge in [-0.25, -0.2) is 0 Å². The second-order valence-electron chi connectivity index (χ2n) is 30.9. The molecule has 95 heavy (non-hydrogen) atoms. The van der Waals surface area contributed by atoms with E-state index in [9.17, 15) is 91.9 Å². The van der Waals surface area contributed by atoms with E-state index in [1.54, 1.807) is 0 Å². The molecule has 38 atom stereocenters. The van der Waals surface area contributed by atoms with Gasteiger partial charge >= 0.3 is 5.97 Å². The van der Waals surface area contributed by atoms with Crippen molar-refractivity contribution in [3.63, 3.8) is 0 Å². The highest BCUT2D eigenvalue weighted by Gasteiger charge is 2.73. The van der Waals surface area contributed by atoms with Gasteiger partial charge < -0.3 is 149 Å². The maximum atomic E-state index is 15.5. The lowest BCUT2D eigenvalue weighted by molar-refractivity contribution is -0.389. The molecule has 0 spiro atoms. The highest BCUT2D eigenvalue weighted by Crippen LogP contribution is 2.76. The molecule has 0 radical (unpaired) electrons. The first-order valence-corrected chi connectivity index (χ1v) is 33.7. The first-order valence-electron chi connectivity index (χ1n) is 33.7. The fourth-order valence-electron chi connectivity index (χ4n) is 18.9. The lowest BCUT2D eigenvalue weighted by Crippen LogP contribution is -2.69. The van der Waals surface area contributed by atoms with E-state index in [2.05, 4.69) is 40.7 Å². The van der Waals surface area contributed by atoms with Gasteiger partial charge in [-0.2, -0.15) is 0 Å². The smallest absolute Gasteiger partial charge is 0.317 e. The Morgan fingerprint density at radius 3 is 1.69 bits per heavy atom. The zero-order valence-corrected chi connectivity index (χ0v) is 54.9. The summed E-state index contributed by atoms with van der Waals surface area (Å²) in [5, 5.41) is 198. The Hall–Kier alpha value is -1.95. The number of esters is 1.